The first-order chi connectivity index (χ1) is 9.53. The summed E-state index contributed by atoms with van der Waals surface area (Å²) in [7, 11) is -1.48. The second-order valence-corrected chi connectivity index (χ2v) is 7.31. The molecule has 20 heavy (non-hydrogen) atoms. The van der Waals surface area contributed by atoms with E-state index in [1.54, 1.807) is 12.1 Å². The summed E-state index contributed by atoms with van der Waals surface area (Å²) in [5.41, 5.74) is 1.14. The van der Waals surface area contributed by atoms with Crippen LogP contribution < -0.4 is 10.0 Å². The Hall–Kier alpha value is -0.910. The monoisotopic (exact) mass is 296 g/mol. The predicted molar refractivity (Wildman–Crippen MR) is 81.2 cm³/mol. The van der Waals surface area contributed by atoms with E-state index in [9.17, 15) is 8.42 Å². The Morgan fingerprint density at radius 2 is 1.90 bits per heavy atom. The van der Waals surface area contributed by atoms with Gasteiger partial charge in [-0.05, 0) is 63.4 Å². The highest BCUT2D eigenvalue weighted by atomic mass is 32.2. The molecule has 0 bridgehead atoms. The van der Waals surface area contributed by atoms with Crippen molar-refractivity contribution in [3.63, 3.8) is 0 Å². The highest BCUT2D eigenvalue weighted by Gasteiger charge is 2.27. The Balaban J connectivity index is 2.01. The van der Waals surface area contributed by atoms with Gasteiger partial charge in [0, 0.05) is 6.04 Å². The molecule has 1 aliphatic carbocycles. The molecule has 1 fully saturated rings. The molecule has 0 aliphatic heterocycles. The summed E-state index contributed by atoms with van der Waals surface area (Å²) < 4.78 is 27.4. The van der Waals surface area contributed by atoms with E-state index in [1.165, 1.54) is 6.42 Å². The van der Waals surface area contributed by atoms with Crippen LogP contribution in [0.5, 0.6) is 0 Å². The second-order valence-electron chi connectivity index (χ2n) is 5.60. The standard InChI is InChI=1S/C15H24N2O2S/c1-12(14-4-3-5-14)17-20(18,19)15-8-6-13(7-9-15)10-11-16-2/h6-9,12,14,16-17H,3-5,10-11H2,1-2H3. The van der Waals surface area contributed by atoms with E-state index in [2.05, 4.69) is 10.0 Å². The lowest BCUT2D eigenvalue weighted by atomic mass is 9.81. The van der Waals surface area contributed by atoms with Gasteiger partial charge in [0.15, 0.2) is 0 Å². The Bertz CT molecular complexity index is 521. The molecule has 1 unspecified atom stereocenters. The smallest absolute Gasteiger partial charge is 0.240 e. The lowest BCUT2D eigenvalue weighted by Gasteiger charge is -2.31. The van der Waals surface area contributed by atoms with Crippen LogP contribution in [0, 0.1) is 5.92 Å². The van der Waals surface area contributed by atoms with Crippen molar-refractivity contribution in [3.8, 4) is 0 Å². The first kappa shape index (κ1) is 15.5. The van der Waals surface area contributed by atoms with Crippen molar-refractivity contribution in [3.05, 3.63) is 29.8 Å². The molecule has 2 rings (SSSR count). The predicted octanol–water partition coefficient (Wildman–Crippen LogP) is 1.92. The van der Waals surface area contributed by atoms with Gasteiger partial charge >= 0.3 is 0 Å². The number of sulfonamides is 1. The number of likely N-dealkylation sites (N-methyl/N-ethyl adjacent to an activating group) is 1. The first-order valence-electron chi connectivity index (χ1n) is 7.29. The molecule has 1 atom stereocenters. The molecule has 1 aliphatic rings. The average molecular weight is 296 g/mol. The highest BCUT2D eigenvalue weighted by molar-refractivity contribution is 7.89. The van der Waals surface area contributed by atoms with Crippen LogP contribution in [0.15, 0.2) is 29.2 Å². The first-order valence-corrected chi connectivity index (χ1v) is 8.77. The van der Waals surface area contributed by atoms with Crippen molar-refractivity contribution in [2.75, 3.05) is 13.6 Å². The van der Waals surface area contributed by atoms with Gasteiger partial charge < -0.3 is 5.32 Å². The van der Waals surface area contributed by atoms with E-state index in [-0.39, 0.29) is 6.04 Å². The molecule has 4 nitrogen and oxygen atoms in total. The molecule has 0 spiro atoms. The minimum Gasteiger partial charge on any atom is -0.319 e. The van der Waals surface area contributed by atoms with E-state index >= 15 is 0 Å². The summed E-state index contributed by atoms with van der Waals surface area (Å²) in [6, 6.07) is 7.19. The molecule has 1 saturated carbocycles. The van der Waals surface area contributed by atoms with Crippen LogP contribution in [0.4, 0.5) is 0 Å². The van der Waals surface area contributed by atoms with Crippen LogP contribution in [0.2, 0.25) is 0 Å². The van der Waals surface area contributed by atoms with Gasteiger partial charge in [-0.15, -0.1) is 0 Å². The number of hydrogen-bond donors (Lipinski definition) is 2. The maximum absolute atomic E-state index is 12.3. The molecule has 2 N–H and O–H groups in total. The quantitative estimate of drug-likeness (QED) is 0.808. The van der Waals surface area contributed by atoms with Crippen LogP contribution in [0.1, 0.15) is 31.7 Å². The zero-order valence-electron chi connectivity index (χ0n) is 12.2. The Labute approximate surface area is 122 Å². The SMILES string of the molecule is CNCCc1ccc(S(=O)(=O)NC(C)C2CCC2)cc1. The van der Waals surface area contributed by atoms with Gasteiger partial charge in [-0.1, -0.05) is 18.6 Å². The lowest BCUT2D eigenvalue weighted by molar-refractivity contribution is 0.260. The van der Waals surface area contributed by atoms with Crippen LogP contribution in [-0.4, -0.2) is 28.1 Å². The summed E-state index contributed by atoms with van der Waals surface area (Å²) in [5, 5.41) is 3.08. The average Bonchev–Trinajstić information content (AvgIpc) is 2.34. The van der Waals surface area contributed by atoms with E-state index < -0.39 is 10.0 Å². The van der Waals surface area contributed by atoms with Gasteiger partial charge in [-0.2, -0.15) is 0 Å². The molecule has 0 radical (unpaired) electrons. The molecule has 0 amide bonds. The minimum absolute atomic E-state index is 0.0257. The molecule has 0 aromatic heterocycles. The zero-order chi connectivity index (χ0) is 14.6. The van der Waals surface area contributed by atoms with Crippen LogP contribution in [0.3, 0.4) is 0 Å². The third-order valence-electron chi connectivity index (χ3n) is 4.10. The topological polar surface area (TPSA) is 58.2 Å². The normalized spacial score (nSPS) is 17.7. The summed E-state index contributed by atoms with van der Waals surface area (Å²) in [6.07, 6.45) is 4.39. The highest BCUT2D eigenvalue weighted by Crippen LogP contribution is 2.30. The summed E-state index contributed by atoms with van der Waals surface area (Å²) in [4.78, 5) is 0.358. The summed E-state index contributed by atoms with van der Waals surface area (Å²) >= 11 is 0. The number of hydrogen-bond acceptors (Lipinski definition) is 3. The van der Waals surface area contributed by atoms with Gasteiger partial charge in [0.2, 0.25) is 10.0 Å². The molecule has 112 valence electrons. The van der Waals surface area contributed by atoms with Crippen molar-refractivity contribution in [2.45, 2.75) is 43.5 Å². The fourth-order valence-electron chi connectivity index (χ4n) is 2.45. The van der Waals surface area contributed by atoms with E-state index in [1.807, 2.05) is 26.1 Å². The molecular weight excluding hydrogens is 272 g/mol. The third-order valence-corrected chi connectivity index (χ3v) is 5.67. The van der Waals surface area contributed by atoms with Gasteiger partial charge in [-0.3, -0.25) is 0 Å². The fraction of sp³-hybridized carbons (Fsp3) is 0.600. The fourth-order valence-corrected chi connectivity index (χ4v) is 3.77. The van der Waals surface area contributed by atoms with Crippen molar-refractivity contribution >= 4 is 10.0 Å². The van der Waals surface area contributed by atoms with Gasteiger partial charge in [-0.25, -0.2) is 13.1 Å². The van der Waals surface area contributed by atoms with Crippen LogP contribution in [0.25, 0.3) is 0 Å². The molecular formula is C15H24N2O2S. The van der Waals surface area contributed by atoms with Crippen molar-refractivity contribution < 1.29 is 8.42 Å². The number of benzene rings is 1. The van der Waals surface area contributed by atoms with E-state index in [4.69, 9.17) is 0 Å². The number of rotatable bonds is 7. The Kier molecular flexibility index (Phi) is 5.18. The zero-order valence-corrected chi connectivity index (χ0v) is 13.0. The van der Waals surface area contributed by atoms with Crippen molar-refractivity contribution in [1.29, 1.82) is 0 Å². The molecule has 1 aromatic carbocycles. The van der Waals surface area contributed by atoms with Crippen LogP contribution >= 0.6 is 0 Å². The molecule has 0 heterocycles. The molecule has 5 heteroatoms. The second kappa shape index (κ2) is 6.70. The largest absolute Gasteiger partial charge is 0.319 e. The maximum atomic E-state index is 12.3. The summed E-state index contributed by atoms with van der Waals surface area (Å²) in [5.74, 6) is 0.500. The van der Waals surface area contributed by atoms with Gasteiger partial charge in [0.25, 0.3) is 0 Å². The Morgan fingerprint density at radius 3 is 2.40 bits per heavy atom. The van der Waals surface area contributed by atoms with E-state index in [0.717, 1.165) is 31.4 Å². The molecule has 1 aromatic rings. The van der Waals surface area contributed by atoms with Gasteiger partial charge in [0.1, 0.15) is 0 Å². The Morgan fingerprint density at radius 1 is 1.25 bits per heavy atom. The third kappa shape index (κ3) is 3.81. The number of nitrogens with one attached hydrogen (secondary N) is 2. The van der Waals surface area contributed by atoms with Crippen molar-refractivity contribution in [1.82, 2.24) is 10.0 Å². The maximum Gasteiger partial charge on any atom is 0.240 e. The summed E-state index contributed by atoms with van der Waals surface area (Å²) in [6.45, 7) is 2.85. The lowest BCUT2D eigenvalue weighted by Crippen LogP contribution is -2.40. The molecule has 0 saturated heterocycles. The minimum atomic E-state index is -3.38. The van der Waals surface area contributed by atoms with E-state index in [0.29, 0.717) is 10.8 Å². The van der Waals surface area contributed by atoms with Gasteiger partial charge in [0.05, 0.1) is 4.90 Å². The van der Waals surface area contributed by atoms with Crippen LogP contribution in [-0.2, 0) is 16.4 Å². The van der Waals surface area contributed by atoms with Crippen molar-refractivity contribution in [2.24, 2.45) is 5.92 Å².